The number of benzene rings is 3. The number of carbonyl (C=O) groups excluding carboxylic acids is 2. The van der Waals surface area contributed by atoms with Crippen LogP contribution < -0.4 is 9.64 Å². The van der Waals surface area contributed by atoms with E-state index in [0.717, 1.165) is 10.8 Å². The number of nitrogens with zero attached hydrogens (tertiary/aromatic N) is 2. The number of anilines is 1. The van der Waals surface area contributed by atoms with Crippen LogP contribution in [0.4, 0.5) is 5.82 Å². The Labute approximate surface area is 189 Å². The number of aliphatic hydroxyl groups is 1. The van der Waals surface area contributed by atoms with Gasteiger partial charge in [-0.05, 0) is 41.5 Å². The van der Waals surface area contributed by atoms with Gasteiger partial charge in [-0.3, -0.25) is 14.5 Å². The lowest BCUT2D eigenvalue weighted by Crippen LogP contribution is -2.29. The van der Waals surface area contributed by atoms with E-state index in [2.05, 4.69) is 5.16 Å². The lowest BCUT2D eigenvalue weighted by Gasteiger charge is -2.23. The molecule has 1 aromatic heterocycles. The van der Waals surface area contributed by atoms with Crippen molar-refractivity contribution in [3.05, 3.63) is 95.3 Å². The molecule has 0 unspecified atom stereocenters. The number of hydrogen-bond acceptors (Lipinski definition) is 6. The molecule has 0 bridgehead atoms. The van der Waals surface area contributed by atoms with Crippen molar-refractivity contribution in [3.63, 3.8) is 0 Å². The SMILES string of the molecule is COc1cccc([C@@H]2/C(=C(\O)c3ccc4ccccc4c3)C(=O)C(=O)N2c2cc(C)on2)c1. The molecule has 1 aliphatic heterocycles. The smallest absolute Gasteiger partial charge is 0.301 e. The second-order valence-electron chi connectivity index (χ2n) is 7.80. The van der Waals surface area contributed by atoms with Crippen LogP contribution >= 0.6 is 0 Å². The summed E-state index contributed by atoms with van der Waals surface area (Å²) in [4.78, 5) is 27.6. The Morgan fingerprint density at radius 1 is 1.00 bits per heavy atom. The van der Waals surface area contributed by atoms with Gasteiger partial charge in [0.1, 0.15) is 17.3 Å². The number of aryl methyl sites for hydroxylation is 1. The van der Waals surface area contributed by atoms with Crippen molar-refractivity contribution in [1.82, 2.24) is 5.16 Å². The first-order valence-corrected chi connectivity index (χ1v) is 10.4. The maximum atomic E-state index is 13.2. The third-order valence-electron chi connectivity index (χ3n) is 5.74. The number of aliphatic hydroxyl groups excluding tert-OH is 1. The minimum Gasteiger partial charge on any atom is -0.507 e. The van der Waals surface area contributed by atoms with E-state index in [1.165, 1.54) is 12.0 Å². The normalized spacial score (nSPS) is 17.6. The van der Waals surface area contributed by atoms with Gasteiger partial charge < -0.3 is 14.4 Å². The van der Waals surface area contributed by atoms with Gasteiger partial charge in [-0.15, -0.1) is 0 Å². The summed E-state index contributed by atoms with van der Waals surface area (Å²) in [5, 5.41) is 17.2. The van der Waals surface area contributed by atoms with Gasteiger partial charge in [-0.1, -0.05) is 53.7 Å². The molecular formula is C26H20N2O5. The molecule has 0 radical (unpaired) electrons. The van der Waals surface area contributed by atoms with Crippen molar-refractivity contribution >= 4 is 34.0 Å². The Morgan fingerprint density at radius 3 is 2.52 bits per heavy atom. The third-order valence-corrected chi connectivity index (χ3v) is 5.74. The maximum absolute atomic E-state index is 13.2. The highest BCUT2D eigenvalue weighted by atomic mass is 16.5. The lowest BCUT2D eigenvalue weighted by atomic mass is 9.94. The zero-order valence-corrected chi connectivity index (χ0v) is 18.0. The molecule has 1 saturated heterocycles. The molecule has 164 valence electrons. The number of methoxy groups -OCH3 is 1. The van der Waals surface area contributed by atoms with Gasteiger partial charge in [-0.2, -0.15) is 0 Å². The van der Waals surface area contributed by atoms with Crippen molar-refractivity contribution in [2.24, 2.45) is 0 Å². The van der Waals surface area contributed by atoms with E-state index in [1.807, 2.05) is 30.3 Å². The summed E-state index contributed by atoms with van der Waals surface area (Å²) in [6.07, 6.45) is 0. The van der Waals surface area contributed by atoms with Crippen LogP contribution in [0.25, 0.3) is 16.5 Å². The topological polar surface area (TPSA) is 92.9 Å². The van der Waals surface area contributed by atoms with Gasteiger partial charge in [-0.25, -0.2) is 0 Å². The molecule has 3 aromatic carbocycles. The summed E-state index contributed by atoms with van der Waals surface area (Å²) in [5.41, 5.74) is 1.01. The average molecular weight is 440 g/mol. The number of ether oxygens (including phenoxy) is 1. The van der Waals surface area contributed by atoms with Gasteiger partial charge in [0.05, 0.1) is 18.7 Å². The Kier molecular flexibility index (Phi) is 4.94. The Hall–Kier alpha value is -4.39. The highest BCUT2D eigenvalue weighted by Gasteiger charge is 2.48. The van der Waals surface area contributed by atoms with Crippen molar-refractivity contribution in [2.45, 2.75) is 13.0 Å². The Morgan fingerprint density at radius 2 is 1.79 bits per heavy atom. The fraction of sp³-hybridized carbons (Fsp3) is 0.115. The van der Waals surface area contributed by atoms with Gasteiger partial charge in [0.2, 0.25) is 0 Å². The fourth-order valence-electron chi connectivity index (χ4n) is 4.15. The quantitative estimate of drug-likeness (QED) is 0.279. The molecule has 1 amide bonds. The molecule has 1 aliphatic rings. The molecule has 1 N–H and O–H groups in total. The number of fused-ring (bicyclic) bond motifs is 1. The van der Waals surface area contributed by atoms with Crippen LogP contribution in [0.15, 0.2) is 82.9 Å². The maximum Gasteiger partial charge on any atom is 0.301 e. The molecule has 7 nitrogen and oxygen atoms in total. The Balaban J connectivity index is 1.73. The molecule has 1 atom stereocenters. The minimum atomic E-state index is -0.906. The van der Waals surface area contributed by atoms with E-state index in [1.54, 1.807) is 49.4 Å². The van der Waals surface area contributed by atoms with Gasteiger partial charge in [0.15, 0.2) is 5.82 Å². The molecule has 7 heteroatoms. The van der Waals surface area contributed by atoms with E-state index in [-0.39, 0.29) is 17.2 Å². The first kappa shape index (κ1) is 20.5. The Bertz CT molecular complexity index is 1440. The van der Waals surface area contributed by atoms with Crippen molar-refractivity contribution < 1.29 is 24.0 Å². The summed E-state index contributed by atoms with van der Waals surface area (Å²) in [7, 11) is 1.53. The molecule has 0 aliphatic carbocycles. The zero-order valence-electron chi connectivity index (χ0n) is 18.0. The number of ketones is 1. The van der Waals surface area contributed by atoms with Crippen molar-refractivity contribution in [1.29, 1.82) is 0 Å². The summed E-state index contributed by atoms with van der Waals surface area (Å²) >= 11 is 0. The number of amides is 1. The minimum absolute atomic E-state index is 0.0239. The van der Waals surface area contributed by atoms with E-state index < -0.39 is 17.7 Å². The average Bonchev–Trinajstić information content (AvgIpc) is 3.38. The largest absolute Gasteiger partial charge is 0.507 e. The van der Waals surface area contributed by atoms with Crippen LogP contribution in [-0.2, 0) is 9.59 Å². The second kappa shape index (κ2) is 7.94. The predicted octanol–water partition coefficient (Wildman–Crippen LogP) is 4.77. The molecular weight excluding hydrogens is 420 g/mol. The lowest BCUT2D eigenvalue weighted by molar-refractivity contribution is -0.132. The summed E-state index contributed by atoms with van der Waals surface area (Å²) in [5.74, 6) is -0.604. The van der Waals surface area contributed by atoms with Gasteiger partial charge in [0, 0.05) is 11.6 Å². The van der Waals surface area contributed by atoms with Crippen molar-refractivity contribution in [2.75, 3.05) is 12.0 Å². The molecule has 5 rings (SSSR count). The standard InChI is InChI=1S/C26H20N2O5/c1-15-12-21(27-33-15)28-23(18-8-5-9-20(14-18)32-2)22(25(30)26(28)31)24(29)19-11-10-16-6-3-4-7-17(16)13-19/h3-14,23,29H,1-2H3/b24-22+/t23-/m1/s1. The number of hydrogen-bond donors (Lipinski definition) is 1. The van der Waals surface area contributed by atoms with E-state index in [0.29, 0.717) is 22.6 Å². The van der Waals surface area contributed by atoms with Gasteiger partial charge >= 0.3 is 5.91 Å². The van der Waals surface area contributed by atoms with Crippen LogP contribution in [-0.4, -0.2) is 29.1 Å². The second-order valence-corrected chi connectivity index (χ2v) is 7.80. The first-order chi connectivity index (χ1) is 16.0. The monoisotopic (exact) mass is 440 g/mol. The van der Waals surface area contributed by atoms with Crippen LogP contribution in [0.5, 0.6) is 5.75 Å². The number of carbonyl (C=O) groups is 2. The number of aromatic nitrogens is 1. The zero-order chi connectivity index (χ0) is 23.1. The third kappa shape index (κ3) is 3.43. The number of rotatable bonds is 4. The molecule has 1 fully saturated rings. The van der Waals surface area contributed by atoms with Crippen LogP contribution in [0.2, 0.25) is 0 Å². The molecule has 2 heterocycles. The van der Waals surface area contributed by atoms with Crippen LogP contribution in [0.3, 0.4) is 0 Å². The van der Waals surface area contributed by atoms with E-state index in [9.17, 15) is 14.7 Å². The predicted molar refractivity (Wildman–Crippen MR) is 123 cm³/mol. The van der Waals surface area contributed by atoms with Crippen LogP contribution in [0, 0.1) is 6.92 Å². The summed E-state index contributed by atoms with van der Waals surface area (Å²) < 4.78 is 10.5. The first-order valence-electron chi connectivity index (χ1n) is 10.4. The highest BCUT2D eigenvalue weighted by Crippen LogP contribution is 2.42. The van der Waals surface area contributed by atoms with Crippen molar-refractivity contribution in [3.8, 4) is 5.75 Å². The molecule has 0 spiro atoms. The molecule has 0 saturated carbocycles. The molecule has 4 aromatic rings. The molecule has 33 heavy (non-hydrogen) atoms. The summed E-state index contributed by atoms with van der Waals surface area (Å²) in [6, 6.07) is 20.8. The van der Waals surface area contributed by atoms with Gasteiger partial charge in [0.25, 0.3) is 5.78 Å². The fourth-order valence-corrected chi connectivity index (χ4v) is 4.15. The summed E-state index contributed by atoms with van der Waals surface area (Å²) in [6.45, 7) is 1.70. The number of Topliss-reactive ketones (excluding diaryl/α,β-unsaturated/α-hetero) is 1. The van der Waals surface area contributed by atoms with E-state index >= 15 is 0 Å². The van der Waals surface area contributed by atoms with E-state index in [4.69, 9.17) is 9.26 Å². The van der Waals surface area contributed by atoms with Crippen LogP contribution in [0.1, 0.15) is 22.9 Å². The highest BCUT2D eigenvalue weighted by molar-refractivity contribution is 6.51.